The van der Waals surface area contributed by atoms with E-state index in [4.69, 9.17) is 5.11 Å². The minimum atomic E-state index is -0.749. The lowest BCUT2D eigenvalue weighted by molar-refractivity contribution is -0.137. The monoisotopic (exact) mass is 253 g/mol. The van der Waals surface area contributed by atoms with Gasteiger partial charge in [-0.25, -0.2) is 4.39 Å². The van der Waals surface area contributed by atoms with Crippen LogP contribution in [0.25, 0.3) is 0 Å². The van der Waals surface area contributed by atoms with Crippen LogP contribution in [0.15, 0.2) is 24.3 Å². The quantitative estimate of drug-likeness (QED) is 0.700. The molecule has 0 spiro atoms. The third-order valence-corrected chi connectivity index (χ3v) is 2.94. The number of nitrogens with one attached hydrogen (secondary N) is 1. The summed E-state index contributed by atoms with van der Waals surface area (Å²) in [6, 6.07) is 6.70. The van der Waals surface area contributed by atoms with Crippen molar-refractivity contribution in [3.63, 3.8) is 0 Å². The van der Waals surface area contributed by atoms with Crippen LogP contribution in [0, 0.1) is 11.7 Å². The maximum absolute atomic E-state index is 13.3. The van der Waals surface area contributed by atoms with E-state index in [1.807, 2.05) is 13.0 Å². The second kappa shape index (κ2) is 7.82. The lowest BCUT2D eigenvalue weighted by Gasteiger charge is -2.11. The van der Waals surface area contributed by atoms with Gasteiger partial charge in [0.25, 0.3) is 0 Å². The Morgan fingerprint density at radius 2 is 2.11 bits per heavy atom. The highest BCUT2D eigenvalue weighted by atomic mass is 19.1. The van der Waals surface area contributed by atoms with E-state index < -0.39 is 5.97 Å². The van der Waals surface area contributed by atoms with E-state index in [0.717, 1.165) is 13.0 Å². The summed E-state index contributed by atoms with van der Waals surface area (Å²) in [5.74, 6) is -0.570. The van der Waals surface area contributed by atoms with Crippen molar-refractivity contribution in [1.82, 2.24) is 5.32 Å². The van der Waals surface area contributed by atoms with Gasteiger partial charge in [-0.3, -0.25) is 4.79 Å². The summed E-state index contributed by atoms with van der Waals surface area (Å²) in [4.78, 5) is 10.4. The van der Waals surface area contributed by atoms with Crippen molar-refractivity contribution in [3.05, 3.63) is 35.6 Å². The summed E-state index contributed by atoms with van der Waals surface area (Å²) in [5, 5.41) is 11.7. The van der Waals surface area contributed by atoms with Gasteiger partial charge < -0.3 is 10.4 Å². The van der Waals surface area contributed by atoms with E-state index in [1.165, 1.54) is 6.07 Å². The molecule has 1 aromatic carbocycles. The summed E-state index contributed by atoms with van der Waals surface area (Å²) in [6.45, 7) is 3.32. The summed E-state index contributed by atoms with van der Waals surface area (Å²) in [7, 11) is 0. The minimum absolute atomic E-state index is 0.191. The van der Waals surface area contributed by atoms with Crippen LogP contribution in [-0.2, 0) is 11.3 Å². The molecule has 1 atom stereocenters. The number of carboxylic acids is 1. The maximum Gasteiger partial charge on any atom is 0.303 e. The minimum Gasteiger partial charge on any atom is -0.481 e. The fourth-order valence-electron chi connectivity index (χ4n) is 1.73. The van der Waals surface area contributed by atoms with E-state index in [9.17, 15) is 9.18 Å². The number of rotatable bonds is 8. The van der Waals surface area contributed by atoms with Gasteiger partial charge in [0.2, 0.25) is 0 Å². The van der Waals surface area contributed by atoms with Crippen LogP contribution < -0.4 is 5.32 Å². The standard InChI is InChI=1S/C14H20FNO2/c1-11(6-7-14(17)18)8-9-16-10-12-4-2-3-5-13(12)15/h2-5,11,16H,6-10H2,1H3,(H,17,18). The summed E-state index contributed by atoms with van der Waals surface area (Å²) in [6.07, 6.45) is 1.81. The molecule has 0 saturated heterocycles. The van der Waals surface area contributed by atoms with E-state index in [1.54, 1.807) is 12.1 Å². The molecule has 4 heteroatoms. The van der Waals surface area contributed by atoms with Crippen LogP contribution in [0.4, 0.5) is 4.39 Å². The van der Waals surface area contributed by atoms with Gasteiger partial charge in [-0.15, -0.1) is 0 Å². The molecule has 0 bridgehead atoms. The van der Waals surface area contributed by atoms with E-state index >= 15 is 0 Å². The van der Waals surface area contributed by atoms with Crippen molar-refractivity contribution in [3.8, 4) is 0 Å². The molecule has 0 aliphatic heterocycles. The fourth-order valence-corrected chi connectivity index (χ4v) is 1.73. The number of hydrogen-bond donors (Lipinski definition) is 2. The van der Waals surface area contributed by atoms with Gasteiger partial charge in [-0.05, 0) is 31.4 Å². The van der Waals surface area contributed by atoms with Crippen molar-refractivity contribution in [2.24, 2.45) is 5.92 Å². The van der Waals surface area contributed by atoms with Crippen molar-refractivity contribution in [2.45, 2.75) is 32.7 Å². The van der Waals surface area contributed by atoms with Crippen LogP contribution in [0.2, 0.25) is 0 Å². The molecular formula is C14H20FNO2. The van der Waals surface area contributed by atoms with Gasteiger partial charge in [-0.2, -0.15) is 0 Å². The van der Waals surface area contributed by atoms with Gasteiger partial charge in [0, 0.05) is 18.5 Å². The molecule has 0 radical (unpaired) electrons. The van der Waals surface area contributed by atoms with Gasteiger partial charge in [0.05, 0.1) is 0 Å². The summed E-state index contributed by atoms with van der Waals surface area (Å²) >= 11 is 0. The maximum atomic E-state index is 13.3. The highest BCUT2D eigenvalue weighted by Gasteiger charge is 2.05. The summed E-state index contributed by atoms with van der Waals surface area (Å²) < 4.78 is 13.3. The Labute approximate surface area is 107 Å². The lowest BCUT2D eigenvalue weighted by Crippen LogP contribution is -2.18. The largest absolute Gasteiger partial charge is 0.481 e. The second-order valence-electron chi connectivity index (χ2n) is 4.59. The van der Waals surface area contributed by atoms with Crippen LogP contribution in [-0.4, -0.2) is 17.6 Å². The number of aliphatic carboxylic acids is 1. The molecule has 1 unspecified atom stereocenters. The van der Waals surface area contributed by atoms with Gasteiger partial charge in [0.1, 0.15) is 5.82 Å². The molecule has 1 aromatic rings. The zero-order valence-corrected chi connectivity index (χ0v) is 10.7. The summed E-state index contributed by atoms with van der Waals surface area (Å²) in [5.41, 5.74) is 0.663. The normalized spacial score (nSPS) is 12.3. The molecule has 0 aliphatic carbocycles. The number of benzene rings is 1. The predicted molar refractivity (Wildman–Crippen MR) is 68.8 cm³/mol. The Hall–Kier alpha value is -1.42. The molecule has 0 aliphatic rings. The fraction of sp³-hybridized carbons (Fsp3) is 0.500. The van der Waals surface area contributed by atoms with Crippen LogP contribution >= 0.6 is 0 Å². The van der Waals surface area contributed by atoms with E-state index in [-0.39, 0.29) is 12.2 Å². The molecule has 0 fully saturated rings. The average Bonchev–Trinajstić information content (AvgIpc) is 2.34. The zero-order chi connectivity index (χ0) is 13.4. The molecule has 0 saturated carbocycles. The Kier molecular flexibility index (Phi) is 6.36. The van der Waals surface area contributed by atoms with Crippen LogP contribution in [0.1, 0.15) is 31.7 Å². The Morgan fingerprint density at radius 1 is 1.39 bits per heavy atom. The third kappa shape index (κ3) is 5.77. The molecule has 0 amide bonds. The van der Waals surface area contributed by atoms with Crippen molar-refractivity contribution in [1.29, 1.82) is 0 Å². The first kappa shape index (κ1) is 14.6. The SMILES string of the molecule is CC(CCNCc1ccccc1F)CCC(=O)O. The van der Waals surface area contributed by atoms with Crippen LogP contribution in [0.5, 0.6) is 0 Å². The molecule has 0 heterocycles. The first-order valence-electron chi connectivity index (χ1n) is 6.25. The Bertz CT molecular complexity index is 382. The van der Waals surface area contributed by atoms with Gasteiger partial charge in [-0.1, -0.05) is 25.1 Å². The van der Waals surface area contributed by atoms with Gasteiger partial charge in [0.15, 0.2) is 0 Å². The first-order chi connectivity index (χ1) is 8.59. The number of carbonyl (C=O) groups is 1. The first-order valence-corrected chi connectivity index (χ1v) is 6.25. The predicted octanol–water partition coefficient (Wildman–Crippen LogP) is 2.81. The molecule has 18 heavy (non-hydrogen) atoms. The van der Waals surface area contributed by atoms with E-state index in [2.05, 4.69) is 5.32 Å². The van der Waals surface area contributed by atoms with Crippen LogP contribution in [0.3, 0.4) is 0 Å². The molecule has 1 rings (SSSR count). The van der Waals surface area contributed by atoms with Crippen molar-refractivity contribution < 1.29 is 14.3 Å². The average molecular weight is 253 g/mol. The molecule has 2 N–H and O–H groups in total. The second-order valence-corrected chi connectivity index (χ2v) is 4.59. The van der Waals surface area contributed by atoms with Crippen molar-refractivity contribution >= 4 is 5.97 Å². The molecule has 100 valence electrons. The highest BCUT2D eigenvalue weighted by Crippen LogP contribution is 2.10. The third-order valence-electron chi connectivity index (χ3n) is 2.94. The molecule has 0 aromatic heterocycles. The molecular weight excluding hydrogens is 233 g/mol. The number of carboxylic acid groups (broad SMARTS) is 1. The Morgan fingerprint density at radius 3 is 2.78 bits per heavy atom. The van der Waals surface area contributed by atoms with Crippen molar-refractivity contribution in [2.75, 3.05) is 6.54 Å². The zero-order valence-electron chi connectivity index (χ0n) is 10.7. The number of halogens is 1. The topological polar surface area (TPSA) is 49.3 Å². The highest BCUT2D eigenvalue weighted by molar-refractivity contribution is 5.66. The molecule has 3 nitrogen and oxygen atoms in total. The number of hydrogen-bond acceptors (Lipinski definition) is 2. The Balaban J connectivity index is 2.15. The lowest BCUT2D eigenvalue weighted by atomic mass is 10.0. The van der Waals surface area contributed by atoms with E-state index in [0.29, 0.717) is 24.4 Å². The smallest absolute Gasteiger partial charge is 0.303 e. The van der Waals surface area contributed by atoms with Gasteiger partial charge >= 0.3 is 5.97 Å².